The Morgan fingerprint density at radius 3 is 2.10 bits per heavy atom. The van der Waals surface area contributed by atoms with Crippen LogP contribution in [0.15, 0.2) is 0 Å². The maximum atomic E-state index is 10.4. The van der Waals surface area contributed by atoms with Gasteiger partial charge in [-0.2, -0.15) is 0 Å². The predicted molar refractivity (Wildman–Crippen MR) is 37.6 cm³/mol. The van der Waals surface area contributed by atoms with Crippen LogP contribution in [-0.4, -0.2) is 42.1 Å². The summed E-state index contributed by atoms with van der Waals surface area (Å²) in [6.07, 6.45) is 0.336. The molecule has 0 aliphatic carbocycles. The number of hydrogen-bond donors (Lipinski definition) is 2. The van der Waals surface area contributed by atoms with E-state index in [9.17, 15) is 8.42 Å². The van der Waals surface area contributed by atoms with Gasteiger partial charge in [-0.3, -0.25) is 0 Å². The molecule has 0 bridgehead atoms. The van der Waals surface area contributed by atoms with Crippen molar-refractivity contribution in [2.45, 2.75) is 0 Å². The Bertz CT molecular complexity index is 191. The van der Waals surface area contributed by atoms with E-state index in [1.807, 2.05) is 0 Å². The summed E-state index contributed by atoms with van der Waals surface area (Å²) < 4.78 is 21.2. The molecule has 60 valence electrons. The van der Waals surface area contributed by atoms with Gasteiger partial charge in [-0.25, -0.2) is 8.42 Å². The van der Waals surface area contributed by atoms with Crippen molar-refractivity contribution in [2.24, 2.45) is 0 Å². The molecule has 0 unspecified atom stereocenters. The van der Waals surface area contributed by atoms with Crippen LogP contribution in [0.4, 0.5) is 0 Å². The standard InChI is InChI=1S/C2H7BClNO4S/c1-10(8,9)5(4)2-3(6)7/h6-7H,2H2,1H3. The SMILES string of the molecule is CS(=O)(=O)N(Cl)CB(O)O. The van der Waals surface area contributed by atoms with E-state index in [0.29, 0.717) is 3.82 Å². The highest BCUT2D eigenvalue weighted by atomic mass is 35.5. The summed E-state index contributed by atoms with van der Waals surface area (Å²) in [6, 6.07) is 0. The summed E-state index contributed by atoms with van der Waals surface area (Å²) >= 11 is 5.08. The highest BCUT2D eigenvalue weighted by Crippen LogP contribution is 2.00. The molecule has 0 rings (SSSR count). The van der Waals surface area contributed by atoms with Crippen LogP contribution in [0.3, 0.4) is 0 Å². The zero-order valence-electron chi connectivity index (χ0n) is 5.23. The van der Waals surface area contributed by atoms with E-state index < -0.39 is 23.6 Å². The summed E-state index contributed by atoms with van der Waals surface area (Å²) in [5, 5.41) is 16.5. The van der Waals surface area contributed by atoms with Crippen molar-refractivity contribution in [3.8, 4) is 0 Å². The molecule has 0 spiro atoms. The molecule has 0 saturated carbocycles. The van der Waals surface area contributed by atoms with Gasteiger partial charge in [0.1, 0.15) is 0 Å². The lowest BCUT2D eigenvalue weighted by Crippen LogP contribution is -2.32. The van der Waals surface area contributed by atoms with E-state index >= 15 is 0 Å². The van der Waals surface area contributed by atoms with E-state index in [2.05, 4.69) is 0 Å². The maximum Gasteiger partial charge on any atom is 0.469 e. The van der Waals surface area contributed by atoms with Gasteiger partial charge in [-0.05, 0) is 11.8 Å². The second-order valence-corrected chi connectivity index (χ2v) is 4.23. The van der Waals surface area contributed by atoms with Crippen LogP contribution < -0.4 is 0 Å². The fraction of sp³-hybridized carbons (Fsp3) is 1.00. The number of nitrogens with zero attached hydrogens (tertiary/aromatic N) is 1. The minimum Gasteiger partial charge on any atom is -0.426 e. The van der Waals surface area contributed by atoms with Crippen molar-refractivity contribution < 1.29 is 18.5 Å². The Labute approximate surface area is 64.5 Å². The van der Waals surface area contributed by atoms with Crippen LogP contribution in [0.25, 0.3) is 0 Å². The molecule has 0 heterocycles. The normalized spacial score (nSPS) is 12.1. The van der Waals surface area contributed by atoms with Crippen molar-refractivity contribution in [1.82, 2.24) is 3.82 Å². The van der Waals surface area contributed by atoms with Crippen LogP contribution in [0, 0.1) is 0 Å². The van der Waals surface area contributed by atoms with Gasteiger partial charge in [0, 0.05) is 0 Å². The van der Waals surface area contributed by atoms with Gasteiger partial charge in [0.15, 0.2) is 0 Å². The molecule has 0 radical (unpaired) electrons. The zero-order valence-corrected chi connectivity index (χ0v) is 6.80. The number of rotatable bonds is 3. The summed E-state index contributed by atoms with van der Waals surface area (Å²) in [5.41, 5.74) is 0. The third kappa shape index (κ3) is 4.07. The van der Waals surface area contributed by atoms with Crippen LogP contribution in [0.5, 0.6) is 0 Å². The van der Waals surface area contributed by atoms with Crippen LogP contribution in [0.1, 0.15) is 0 Å². The smallest absolute Gasteiger partial charge is 0.426 e. The molecule has 0 saturated heterocycles. The molecule has 10 heavy (non-hydrogen) atoms. The van der Waals surface area contributed by atoms with Gasteiger partial charge in [0.2, 0.25) is 10.0 Å². The third-order valence-electron chi connectivity index (χ3n) is 0.667. The van der Waals surface area contributed by atoms with Crippen molar-refractivity contribution in [2.75, 3.05) is 12.7 Å². The fourth-order valence-electron chi connectivity index (χ4n) is 0.264. The highest BCUT2D eigenvalue weighted by molar-refractivity contribution is 7.89. The minimum atomic E-state index is -3.52. The number of halogens is 1. The van der Waals surface area contributed by atoms with Gasteiger partial charge in [0.05, 0.1) is 12.7 Å². The summed E-state index contributed by atoms with van der Waals surface area (Å²) in [6.45, 7) is 0. The lowest BCUT2D eigenvalue weighted by molar-refractivity contribution is 0.393. The quantitative estimate of drug-likeness (QED) is 0.413. The molecule has 0 aromatic rings. The van der Waals surface area contributed by atoms with E-state index in [-0.39, 0.29) is 0 Å². The number of hydrogen-bond acceptors (Lipinski definition) is 4. The number of sulfonamides is 1. The molecule has 0 aliphatic rings. The van der Waals surface area contributed by atoms with E-state index in [1.54, 1.807) is 0 Å². The first-order valence-corrected chi connectivity index (χ1v) is 4.52. The average Bonchev–Trinajstić information content (AvgIpc) is 1.60. The average molecular weight is 187 g/mol. The van der Waals surface area contributed by atoms with Crippen molar-refractivity contribution in [1.29, 1.82) is 0 Å². The van der Waals surface area contributed by atoms with Gasteiger partial charge in [-0.1, -0.05) is 0 Å². The highest BCUT2D eigenvalue weighted by Gasteiger charge is 2.19. The molecule has 5 nitrogen and oxygen atoms in total. The first kappa shape index (κ1) is 10.2. The second-order valence-electron chi connectivity index (χ2n) is 1.71. The topological polar surface area (TPSA) is 77.8 Å². The Hall–Kier alpha value is 0.185. The Morgan fingerprint density at radius 2 is 2.00 bits per heavy atom. The van der Waals surface area contributed by atoms with E-state index in [4.69, 9.17) is 21.8 Å². The molecule has 0 fully saturated rings. The lowest BCUT2D eigenvalue weighted by atomic mass is 9.93. The molecule has 0 atom stereocenters. The molecule has 0 aromatic carbocycles. The Kier molecular flexibility index (Phi) is 3.61. The van der Waals surface area contributed by atoms with Crippen molar-refractivity contribution in [3.05, 3.63) is 0 Å². The summed E-state index contributed by atoms with van der Waals surface area (Å²) in [5.74, 6) is 0. The van der Waals surface area contributed by atoms with Gasteiger partial charge >= 0.3 is 7.12 Å². The lowest BCUT2D eigenvalue weighted by Gasteiger charge is -2.08. The monoisotopic (exact) mass is 187 g/mol. The van der Waals surface area contributed by atoms with Gasteiger partial charge < -0.3 is 10.0 Å². The summed E-state index contributed by atoms with van der Waals surface area (Å²) in [7, 11) is -5.26. The van der Waals surface area contributed by atoms with E-state index in [1.165, 1.54) is 0 Å². The maximum absolute atomic E-state index is 10.4. The van der Waals surface area contributed by atoms with Crippen molar-refractivity contribution >= 4 is 28.9 Å². The molecular formula is C2H7BClNO4S. The molecule has 0 aromatic heterocycles. The predicted octanol–water partition coefficient (Wildman–Crippen LogP) is -1.59. The molecule has 0 aliphatic heterocycles. The van der Waals surface area contributed by atoms with Gasteiger partial charge in [-0.15, -0.1) is 3.82 Å². The molecule has 0 amide bonds. The Morgan fingerprint density at radius 1 is 1.60 bits per heavy atom. The largest absolute Gasteiger partial charge is 0.469 e. The second kappa shape index (κ2) is 3.54. The minimum absolute atomic E-state index is 0.331. The fourth-order valence-corrected chi connectivity index (χ4v) is 0.791. The zero-order chi connectivity index (χ0) is 8.36. The Balaban J connectivity index is 3.99. The molecule has 2 N–H and O–H groups in total. The summed E-state index contributed by atoms with van der Waals surface area (Å²) in [4.78, 5) is 0. The van der Waals surface area contributed by atoms with Crippen LogP contribution >= 0.6 is 11.8 Å². The van der Waals surface area contributed by atoms with Crippen molar-refractivity contribution in [3.63, 3.8) is 0 Å². The third-order valence-corrected chi connectivity index (χ3v) is 2.43. The van der Waals surface area contributed by atoms with Crippen LogP contribution in [0.2, 0.25) is 0 Å². The first-order valence-electron chi connectivity index (χ1n) is 2.33. The van der Waals surface area contributed by atoms with Gasteiger partial charge in [0.25, 0.3) is 0 Å². The molecule has 8 heteroatoms. The van der Waals surface area contributed by atoms with E-state index in [0.717, 1.165) is 6.26 Å². The molecular weight excluding hydrogens is 180 g/mol. The first-order chi connectivity index (χ1) is 4.34. The van der Waals surface area contributed by atoms with Crippen LogP contribution in [-0.2, 0) is 10.0 Å².